The van der Waals surface area contributed by atoms with Gasteiger partial charge in [-0.15, -0.1) is 0 Å². The average molecular weight is 317 g/mol. The first kappa shape index (κ1) is 13.8. The van der Waals surface area contributed by atoms with Crippen molar-refractivity contribution in [3.05, 3.63) is 35.8 Å². The number of benzene rings is 1. The summed E-state index contributed by atoms with van der Waals surface area (Å²) in [6.07, 6.45) is 1.99. The highest BCUT2D eigenvalue weighted by Gasteiger charge is 2.30. The molecule has 1 aromatic heterocycles. The quantitative estimate of drug-likeness (QED) is 0.943. The first-order chi connectivity index (χ1) is 10.7. The molecule has 1 saturated carbocycles. The van der Waals surface area contributed by atoms with E-state index in [9.17, 15) is 9.18 Å². The summed E-state index contributed by atoms with van der Waals surface area (Å²) in [5.74, 6) is 1.08. The summed E-state index contributed by atoms with van der Waals surface area (Å²) in [6.45, 7) is 1.39. The van der Waals surface area contributed by atoms with Gasteiger partial charge >= 0.3 is 0 Å². The number of halogens is 1. The highest BCUT2D eigenvalue weighted by molar-refractivity contribution is 7.99. The van der Waals surface area contributed by atoms with Crippen molar-refractivity contribution >= 4 is 17.7 Å². The Balaban J connectivity index is 1.65. The Bertz CT molecular complexity index is 722. The van der Waals surface area contributed by atoms with Crippen LogP contribution in [0.5, 0.6) is 0 Å². The summed E-state index contributed by atoms with van der Waals surface area (Å²) in [5, 5.41) is 4.00. The lowest BCUT2D eigenvalue weighted by Crippen LogP contribution is -2.25. The number of thioether (sulfide) groups is 1. The van der Waals surface area contributed by atoms with Crippen molar-refractivity contribution in [2.24, 2.45) is 5.92 Å². The van der Waals surface area contributed by atoms with E-state index >= 15 is 0 Å². The van der Waals surface area contributed by atoms with Gasteiger partial charge in [-0.1, -0.05) is 11.8 Å². The van der Waals surface area contributed by atoms with Gasteiger partial charge in [0.2, 0.25) is 5.91 Å². The Hall–Kier alpha value is -1.82. The summed E-state index contributed by atoms with van der Waals surface area (Å²) in [5.41, 5.74) is 2.75. The van der Waals surface area contributed by atoms with E-state index in [1.807, 2.05) is 0 Å². The monoisotopic (exact) mass is 317 g/mol. The number of hydrogen-bond donors (Lipinski definition) is 1. The normalized spacial score (nSPS) is 16.6. The lowest BCUT2D eigenvalue weighted by molar-refractivity contribution is -0.122. The van der Waals surface area contributed by atoms with Crippen LogP contribution in [-0.4, -0.2) is 21.2 Å². The molecule has 1 aliphatic carbocycles. The second-order valence-corrected chi connectivity index (χ2v) is 6.75. The van der Waals surface area contributed by atoms with E-state index in [1.165, 1.54) is 12.1 Å². The fourth-order valence-corrected chi connectivity index (χ4v) is 3.68. The van der Waals surface area contributed by atoms with Crippen LogP contribution in [0, 0.1) is 11.7 Å². The maximum atomic E-state index is 13.1. The minimum atomic E-state index is -0.256. The van der Waals surface area contributed by atoms with Gasteiger partial charge in [0, 0.05) is 23.8 Å². The van der Waals surface area contributed by atoms with E-state index in [0.29, 0.717) is 6.54 Å². The van der Waals surface area contributed by atoms with Gasteiger partial charge in [0.25, 0.3) is 0 Å². The third-order valence-corrected chi connectivity index (χ3v) is 5.04. The predicted octanol–water partition coefficient (Wildman–Crippen LogP) is 2.82. The molecule has 114 valence electrons. The third-order valence-electron chi connectivity index (χ3n) is 4.08. The van der Waals surface area contributed by atoms with Crippen LogP contribution in [0.15, 0.2) is 29.4 Å². The number of carbonyl (C=O) groups excluding carboxylic acids is 1. The minimum Gasteiger partial charge on any atom is -0.350 e. The van der Waals surface area contributed by atoms with Crippen molar-refractivity contribution in [3.63, 3.8) is 0 Å². The molecule has 1 N–H and O–H groups in total. The lowest BCUT2D eigenvalue weighted by atomic mass is 10.1. The average Bonchev–Trinajstić information content (AvgIpc) is 3.18. The molecule has 1 aliphatic heterocycles. The van der Waals surface area contributed by atoms with Crippen LogP contribution in [-0.2, 0) is 17.9 Å². The molecule has 1 aromatic carbocycles. The standard InChI is InChI=1S/C16H16FN3OS/c17-12-5-3-10(4-6-12)14-13(9-18-15(21)11-1-2-11)20-7-8-22-16(20)19-14/h3-6,11H,1-2,7-9H2,(H,18,21). The topological polar surface area (TPSA) is 46.9 Å². The van der Waals surface area contributed by atoms with Gasteiger partial charge in [-0.3, -0.25) is 4.79 Å². The van der Waals surface area contributed by atoms with Gasteiger partial charge in [0.05, 0.1) is 17.9 Å². The number of amides is 1. The number of carbonyl (C=O) groups is 1. The maximum absolute atomic E-state index is 13.1. The molecular formula is C16H16FN3OS. The molecule has 0 radical (unpaired) electrons. The number of rotatable bonds is 4. The van der Waals surface area contributed by atoms with Gasteiger partial charge < -0.3 is 9.88 Å². The fraction of sp³-hybridized carbons (Fsp3) is 0.375. The predicted molar refractivity (Wildman–Crippen MR) is 82.9 cm³/mol. The number of fused-ring (bicyclic) bond motifs is 1. The van der Waals surface area contributed by atoms with E-state index in [0.717, 1.165) is 47.2 Å². The summed E-state index contributed by atoms with van der Waals surface area (Å²) < 4.78 is 15.3. The molecule has 4 nitrogen and oxygen atoms in total. The van der Waals surface area contributed by atoms with Crippen LogP contribution in [0.25, 0.3) is 11.3 Å². The van der Waals surface area contributed by atoms with Crippen LogP contribution in [0.4, 0.5) is 4.39 Å². The van der Waals surface area contributed by atoms with Crippen molar-refractivity contribution in [1.82, 2.24) is 14.9 Å². The van der Waals surface area contributed by atoms with Crippen molar-refractivity contribution in [1.29, 1.82) is 0 Å². The van der Waals surface area contributed by atoms with Gasteiger partial charge in [-0.2, -0.15) is 0 Å². The molecule has 2 aliphatic rings. The molecule has 1 amide bonds. The molecule has 0 spiro atoms. The first-order valence-electron chi connectivity index (χ1n) is 7.48. The fourth-order valence-electron chi connectivity index (χ4n) is 2.71. The number of aromatic nitrogens is 2. The maximum Gasteiger partial charge on any atom is 0.223 e. The molecule has 1 fully saturated rings. The molecular weight excluding hydrogens is 301 g/mol. The smallest absolute Gasteiger partial charge is 0.223 e. The van der Waals surface area contributed by atoms with Crippen molar-refractivity contribution < 1.29 is 9.18 Å². The Morgan fingerprint density at radius 2 is 2.14 bits per heavy atom. The molecule has 0 bridgehead atoms. The molecule has 2 heterocycles. The van der Waals surface area contributed by atoms with E-state index < -0.39 is 0 Å². The summed E-state index contributed by atoms with van der Waals surface area (Å²) in [4.78, 5) is 16.6. The number of hydrogen-bond acceptors (Lipinski definition) is 3. The number of nitrogens with zero attached hydrogens (tertiary/aromatic N) is 2. The van der Waals surface area contributed by atoms with E-state index in [1.54, 1.807) is 23.9 Å². The Kier molecular flexibility index (Phi) is 3.41. The zero-order valence-electron chi connectivity index (χ0n) is 12.0. The van der Waals surface area contributed by atoms with Crippen LogP contribution >= 0.6 is 11.8 Å². The van der Waals surface area contributed by atoms with Crippen molar-refractivity contribution in [2.75, 3.05) is 5.75 Å². The second-order valence-electron chi connectivity index (χ2n) is 5.69. The summed E-state index contributed by atoms with van der Waals surface area (Å²) in [6, 6.07) is 6.37. The third kappa shape index (κ3) is 2.52. The lowest BCUT2D eigenvalue weighted by Gasteiger charge is -2.09. The van der Waals surface area contributed by atoms with Gasteiger partial charge in [0.15, 0.2) is 5.16 Å². The zero-order valence-corrected chi connectivity index (χ0v) is 12.8. The SMILES string of the molecule is O=C(NCc1c(-c2ccc(F)cc2)nc2n1CCS2)C1CC1. The Labute approximate surface area is 132 Å². The highest BCUT2D eigenvalue weighted by atomic mass is 32.2. The van der Waals surface area contributed by atoms with E-state index in [2.05, 4.69) is 14.9 Å². The largest absolute Gasteiger partial charge is 0.350 e. The van der Waals surface area contributed by atoms with Crippen molar-refractivity contribution in [3.8, 4) is 11.3 Å². The van der Waals surface area contributed by atoms with Crippen LogP contribution in [0.3, 0.4) is 0 Å². The molecule has 6 heteroatoms. The zero-order chi connectivity index (χ0) is 15.1. The molecule has 2 aromatic rings. The van der Waals surface area contributed by atoms with Gasteiger partial charge in [-0.05, 0) is 37.1 Å². The molecule has 0 saturated heterocycles. The molecule has 0 unspecified atom stereocenters. The first-order valence-corrected chi connectivity index (χ1v) is 8.47. The van der Waals surface area contributed by atoms with E-state index in [-0.39, 0.29) is 17.6 Å². The Morgan fingerprint density at radius 1 is 1.36 bits per heavy atom. The number of imidazole rings is 1. The van der Waals surface area contributed by atoms with Crippen LogP contribution < -0.4 is 5.32 Å². The minimum absolute atomic E-state index is 0.131. The number of nitrogens with one attached hydrogen (secondary N) is 1. The van der Waals surface area contributed by atoms with Crippen LogP contribution in [0.2, 0.25) is 0 Å². The molecule has 0 atom stereocenters. The highest BCUT2D eigenvalue weighted by Crippen LogP contribution is 2.34. The van der Waals surface area contributed by atoms with Crippen LogP contribution in [0.1, 0.15) is 18.5 Å². The van der Waals surface area contributed by atoms with Gasteiger partial charge in [-0.25, -0.2) is 9.37 Å². The van der Waals surface area contributed by atoms with E-state index in [4.69, 9.17) is 0 Å². The Morgan fingerprint density at radius 3 is 2.86 bits per heavy atom. The molecule has 4 rings (SSSR count). The summed E-state index contributed by atoms with van der Waals surface area (Å²) in [7, 11) is 0. The van der Waals surface area contributed by atoms with Crippen molar-refractivity contribution in [2.45, 2.75) is 31.1 Å². The second kappa shape index (κ2) is 5.43. The van der Waals surface area contributed by atoms with Gasteiger partial charge in [0.1, 0.15) is 5.82 Å². The molecule has 22 heavy (non-hydrogen) atoms. The summed E-state index contributed by atoms with van der Waals surface area (Å²) >= 11 is 1.72.